The fourth-order valence-electron chi connectivity index (χ4n) is 3.10. The van der Waals surface area contributed by atoms with Crippen molar-refractivity contribution in [1.82, 2.24) is 4.90 Å². The van der Waals surface area contributed by atoms with Crippen LogP contribution < -0.4 is 4.31 Å². The number of amides is 1. The highest BCUT2D eigenvalue weighted by Crippen LogP contribution is 2.41. The van der Waals surface area contributed by atoms with Crippen LogP contribution in [0.4, 0.5) is 5.69 Å². The normalized spacial score (nSPS) is 14.8. The van der Waals surface area contributed by atoms with Gasteiger partial charge in [0.2, 0.25) is 5.91 Å². The Morgan fingerprint density at radius 3 is 2.60 bits per heavy atom. The summed E-state index contributed by atoms with van der Waals surface area (Å²) in [6.45, 7) is 0.277. The molecule has 0 fully saturated rings. The van der Waals surface area contributed by atoms with Gasteiger partial charge in [0.1, 0.15) is 6.54 Å². The van der Waals surface area contributed by atoms with Gasteiger partial charge in [0.15, 0.2) is 0 Å². The predicted octanol–water partition coefficient (Wildman–Crippen LogP) is 3.07. The van der Waals surface area contributed by atoms with Gasteiger partial charge < -0.3 is 4.90 Å². The van der Waals surface area contributed by atoms with Gasteiger partial charge in [-0.3, -0.25) is 9.10 Å². The number of hydrogen-bond acceptors (Lipinski definition) is 4. The molecule has 1 aliphatic rings. The summed E-state index contributed by atoms with van der Waals surface area (Å²) in [6, 6.07) is 14.5. The summed E-state index contributed by atoms with van der Waals surface area (Å²) in [5, 5.41) is 3.51. The minimum Gasteiger partial charge on any atom is -0.339 e. The van der Waals surface area contributed by atoms with Gasteiger partial charge in [-0.05, 0) is 29.0 Å². The summed E-state index contributed by atoms with van der Waals surface area (Å²) < 4.78 is 27.0. The van der Waals surface area contributed by atoms with Crippen LogP contribution in [0.1, 0.15) is 4.88 Å². The smallest absolute Gasteiger partial charge is 0.265 e. The van der Waals surface area contributed by atoms with Crippen LogP contribution in [-0.4, -0.2) is 32.8 Å². The van der Waals surface area contributed by atoms with Crippen LogP contribution >= 0.6 is 11.3 Å². The van der Waals surface area contributed by atoms with Gasteiger partial charge in [-0.1, -0.05) is 30.3 Å². The lowest BCUT2D eigenvalue weighted by Crippen LogP contribution is -2.39. The summed E-state index contributed by atoms with van der Waals surface area (Å²) in [4.78, 5) is 15.5. The SMILES string of the molecule is CN(Cc1cccs1)C(=O)CN1c2cccc3cccc(c23)S1(=O)=O. The fourth-order valence-corrected chi connectivity index (χ4v) is 5.51. The van der Waals surface area contributed by atoms with Crippen molar-refractivity contribution in [1.29, 1.82) is 0 Å². The van der Waals surface area contributed by atoms with Gasteiger partial charge in [0.25, 0.3) is 10.0 Å². The molecule has 4 rings (SSSR count). The van der Waals surface area contributed by atoms with Crippen LogP contribution in [0.5, 0.6) is 0 Å². The van der Waals surface area contributed by atoms with E-state index in [1.165, 1.54) is 4.31 Å². The molecule has 0 saturated heterocycles. The van der Waals surface area contributed by atoms with Gasteiger partial charge >= 0.3 is 0 Å². The number of hydrogen-bond donors (Lipinski definition) is 0. The molecule has 0 spiro atoms. The second kappa shape index (κ2) is 5.86. The van der Waals surface area contributed by atoms with Crippen molar-refractivity contribution in [2.24, 2.45) is 0 Å². The Morgan fingerprint density at radius 1 is 1.12 bits per heavy atom. The van der Waals surface area contributed by atoms with Crippen molar-refractivity contribution >= 4 is 43.7 Å². The first kappa shape index (κ1) is 16.1. The Labute approximate surface area is 150 Å². The second-order valence-corrected chi connectivity index (χ2v) is 8.84. The first-order valence-electron chi connectivity index (χ1n) is 7.79. The molecule has 7 heteroatoms. The predicted molar refractivity (Wildman–Crippen MR) is 99.3 cm³/mol. The summed E-state index contributed by atoms with van der Waals surface area (Å²) in [5.74, 6) is -0.234. The Hall–Kier alpha value is -2.38. The molecule has 0 N–H and O–H groups in total. The first-order valence-corrected chi connectivity index (χ1v) is 10.1. The minimum absolute atomic E-state index is 0.196. The summed E-state index contributed by atoms with van der Waals surface area (Å²) in [6.07, 6.45) is 0. The largest absolute Gasteiger partial charge is 0.339 e. The molecule has 0 radical (unpaired) electrons. The summed E-state index contributed by atoms with van der Waals surface area (Å²) in [7, 11) is -2.01. The number of thiophene rings is 1. The van der Waals surface area contributed by atoms with E-state index in [2.05, 4.69) is 0 Å². The van der Waals surface area contributed by atoms with E-state index < -0.39 is 10.0 Å². The quantitative estimate of drug-likeness (QED) is 0.707. The van der Waals surface area contributed by atoms with Crippen molar-refractivity contribution in [3.05, 3.63) is 58.8 Å². The van der Waals surface area contributed by atoms with Gasteiger partial charge in [-0.25, -0.2) is 8.42 Å². The lowest BCUT2D eigenvalue weighted by atomic mass is 10.1. The number of carbonyl (C=O) groups is 1. The van der Waals surface area contributed by atoms with E-state index in [9.17, 15) is 13.2 Å². The molecule has 0 unspecified atom stereocenters. The lowest BCUT2D eigenvalue weighted by molar-refractivity contribution is -0.128. The molecule has 2 heterocycles. The van der Waals surface area contributed by atoms with Crippen molar-refractivity contribution in [2.45, 2.75) is 11.4 Å². The van der Waals surface area contributed by atoms with Crippen molar-refractivity contribution in [2.75, 3.05) is 17.9 Å². The molecule has 0 atom stereocenters. The highest BCUT2D eigenvalue weighted by molar-refractivity contribution is 7.93. The molecule has 1 amide bonds. The van der Waals surface area contributed by atoms with Crippen LogP contribution in [0.25, 0.3) is 10.8 Å². The van der Waals surface area contributed by atoms with Gasteiger partial charge in [0.05, 0.1) is 17.1 Å². The number of nitrogens with zero attached hydrogens (tertiary/aromatic N) is 2. The van der Waals surface area contributed by atoms with Crippen LogP contribution in [0, 0.1) is 0 Å². The third-order valence-electron chi connectivity index (χ3n) is 4.36. The molecular weight excluding hydrogens is 356 g/mol. The molecule has 0 aliphatic carbocycles. The van der Waals surface area contributed by atoms with E-state index in [0.717, 1.165) is 10.3 Å². The summed E-state index contributed by atoms with van der Waals surface area (Å²) >= 11 is 1.57. The fraction of sp³-hybridized carbons (Fsp3) is 0.167. The highest BCUT2D eigenvalue weighted by Gasteiger charge is 2.37. The minimum atomic E-state index is -3.70. The van der Waals surface area contributed by atoms with E-state index in [1.54, 1.807) is 41.5 Å². The maximum atomic E-state index is 12.9. The number of benzene rings is 2. The molecule has 128 valence electrons. The maximum absolute atomic E-state index is 12.9. The molecule has 3 aromatic rings. The molecule has 0 bridgehead atoms. The maximum Gasteiger partial charge on any atom is 0.265 e. The zero-order valence-corrected chi connectivity index (χ0v) is 15.2. The number of rotatable bonds is 4. The van der Waals surface area contributed by atoms with Crippen LogP contribution in [0.3, 0.4) is 0 Å². The first-order chi connectivity index (χ1) is 12.0. The summed E-state index contributed by atoms with van der Waals surface area (Å²) in [5.41, 5.74) is 0.575. The molecule has 2 aromatic carbocycles. The third-order valence-corrected chi connectivity index (χ3v) is 7.02. The lowest BCUT2D eigenvalue weighted by Gasteiger charge is -2.22. The number of anilines is 1. The molecule has 25 heavy (non-hydrogen) atoms. The molecule has 5 nitrogen and oxygen atoms in total. The third kappa shape index (κ3) is 2.60. The Bertz CT molecular complexity index is 1050. The van der Waals surface area contributed by atoms with Gasteiger partial charge in [0, 0.05) is 17.3 Å². The van der Waals surface area contributed by atoms with Crippen molar-refractivity contribution in [3.8, 4) is 0 Å². The van der Waals surface area contributed by atoms with E-state index in [4.69, 9.17) is 0 Å². The monoisotopic (exact) mass is 372 g/mol. The molecule has 1 aliphatic heterocycles. The van der Waals surface area contributed by atoms with E-state index in [-0.39, 0.29) is 17.3 Å². The zero-order chi connectivity index (χ0) is 17.6. The topological polar surface area (TPSA) is 57.7 Å². The standard InChI is InChI=1S/C18H16N2O3S2/c1-19(11-14-7-4-10-24-14)17(21)12-20-15-8-2-5-13-6-3-9-16(18(13)15)25(20,22)23/h2-10H,11-12H2,1H3. The van der Waals surface area contributed by atoms with E-state index in [1.807, 2.05) is 35.7 Å². The number of sulfonamides is 1. The van der Waals surface area contributed by atoms with Crippen LogP contribution in [-0.2, 0) is 21.4 Å². The van der Waals surface area contributed by atoms with Crippen LogP contribution in [0.15, 0.2) is 58.8 Å². The Morgan fingerprint density at radius 2 is 1.88 bits per heavy atom. The average molecular weight is 372 g/mol. The van der Waals surface area contributed by atoms with Crippen molar-refractivity contribution in [3.63, 3.8) is 0 Å². The molecule has 1 aromatic heterocycles. The van der Waals surface area contributed by atoms with Crippen molar-refractivity contribution < 1.29 is 13.2 Å². The van der Waals surface area contributed by atoms with Gasteiger partial charge in [-0.15, -0.1) is 11.3 Å². The Balaban J connectivity index is 1.65. The zero-order valence-electron chi connectivity index (χ0n) is 13.5. The van der Waals surface area contributed by atoms with E-state index in [0.29, 0.717) is 17.6 Å². The molecule has 0 saturated carbocycles. The number of likely N-dealkylation sites (N-methyl/N-ethyl adjacent to an activating group) is 1. The molecular formula is C18H16N2O3S2. The Kier molecular flexibility index (Phi) is 3.77. The second-order valence-electron chi connectivity index (χ2n) is 5.97. The highest BCUT2D eigenvalue weighted by atomic mass is 32.2. The van der Waals surface area contributed by atoms with E-state index >= 15 is 0 Å². The average Bonchev–Trinajstić information content (AvgIpc) is 3.17. The van der Waals surface area contributed by atoms with Gasteiger partial charge in [-0.2, -0.15) is 0 Å². The number of carbonyl (C=O) groups excluding carboxylic acids is 1. The van der Waals surface area contributed by atoms with Crippen LogP contribution in [0.2, 0.25) is 0 Å².